The minimum atomic E-state index is 0.00111. The van der Waals surface area contributed by atoms with Gasteiger partial charge < -0.3 is 5.11 Å². The van der Waals surface area contributed by atoms with Gasteiger partial charge in [0.1, 0.15) is 5.75 Å². The van der Waals surface area contributed by atoms with Gasteiger partial charge in [-0.15, -0.1) is 11.3 Å². The van der Waals surface area contributed by atoms with Crippen molar-refractivity contribution in [1.82, 2.24) is 0 Å². The van der Waals surface area contributed by atoms with E-state index in [0.29, 0.717) is 15.8 Å². The molecule has 0 saturated heterocycles. The van der Waals surface area contributed by atoms with Crippen LogP contribution in [-0.4, -0.2) is 10.9 Å². The number of hydrogen-bond acceptors (Lipinski definition) is 3. The molecule has 3 rings (SSSR count). The van der Waals surface area contributed by atoms with Gasteiger partial charge in [0.25, 0.3) is 0 Å². The number of rotatable bonds is 2. The highest BCUT2D eigenvalue weighted by atomic mass is 32.1. The lowest BCUT2D eigenvalue weighted by Gasteiger charge is -2.06. The van der Waals surface area contributed by atoms with E-state index in [1.54, 1.807) is 12.1 Å². The molecule has 1 heterocycles. The van der Waals surface area contributed by atoms with Gasteiger partial charge in [0, 0.05) is 10.9 Å². The van der Waals surface area contributed by atoms with Crippen LogP contribution in [0.25, 0.3) is 10.8 Å². The summed E-state index contributed by atoms with van der Waals surface area (Å²) in [6, 6.07) is 14.3. The van der Waals surface area contributed by atoms with Crippen LogP contribution in [0.4, 0.5) is 0 Å². The molecule has 0 aliphatic carbocycles. The van der Waals surface area contributed by atoms with Crippen LogP contribution in [0.2, 0.25) is 0 Å². The van der Waals surface area contributed by atoms with Gasteiger partial charge in [0.15, 0.2) is 0 Å². The molecule has 0 bridgehead atoms. The summed E-state index contributed by atoms with van der Waals surface area (Å²) < 4.78 is 0. The monoisotopic (exact) mass is 254 g/mol. The van der Waals surface area contributed by atoms with E-state index in [9.17, 15) is 9.90 Å². The Labute approximate surface area is 108 Å². The average molecular weight is 254 g/mol. The molecule has 0 spiro atoms. The zero-order chi connectivity index (χ0) is 12.5. The highest BCUT2D eigenvalue weighted by Gasteiger charge is 2.14. The molecule has 0 amide bonds. The predicted molar refractivity (Wildman–Crippen MR) is 73.4 cm³/mol. The molecular weight excluding hydrogens is 244 g/mol. The molecular formula is C15H10O2S. The van der Waals surface area contributed by atoms with Crippen LogP contribution in [0.3, 0.4) is 0 Å². The second-order valence-corrected chi connectivity index (χ2v) is 4.93. The Bertz CT molecular complexity index is 714. The van der Waals surface area contributed by atoms with Crippen molar-refractivity contribution in [3.8, 4) is 5.75 Å². The number of hydrogen-bond donors (Lipinski definition) is 1. The van der Waals surface area contributed by atoms with Crippen LogP contribution in [0.15, 0.2) is 53.9 Å². The average Bonchev–Trinajstić information content (AvgIpc) is 2.93. The summed E-state index contributed by atoms with van der Waals surface area (Å²) in [4.78, 5) is 13.1. The third-order valence-electron chi connectivity index (χ3n) is 2.89. The van der Waals surface area contributed by atoms with Crippen molar-refractivity contribution in [2.45, 2.75) is 0 Å². The van der Waals surface area contributed by atoms with Crippen molar-refractivity contribution < 1.29 is 9.90 Å². The smallest absolute Gasteiger partial charge is 0.203 e. The predicted octanol–water partition coefficient (Wildman–Crippen LogP) is 3.84. The van der Waals surface area contributed by atoms with E-state index in [0.717, 1.165) is 5.39 Å². The number of phenols is 1. The van der Waals surface area contributed by atoms with Crippen LogP contribution >= 0.6 is 11.3 Å². The van der Waals surface area contributed by atoms with Gasteiger partial charge in [-0.2, -0.15) is 0 Å². The quantitative estimate of drug-likeness (QED) is 0.705. The fourth-order valence-electron chi connectivity index (χ4n) is 2.02. The number of carbonyl (C=O) groups excluding carboxylic acids is 1. The van der Waals surface area contributed by atoms with Gasteiger partial charge in [-0.25, -0.2) is 0 Å². The van der Waals surface area contributed by atoms with Gasteiger partial charge in [0.05, 0.1) is 4.88 Å². The molecule has 2 aromatic carbocycles. The SMILES string of the molecule is O=C(c1cccs1)c1ccc(O)c2ccccc12. The van der Waals surface area contributed by atoms with E-state index >= 15 is 0 Å². The second kappa shape index (κ2) is 4.27. The van der Waals surface area contributed by atoms with Crippen LogP contribution in [0.1, 0.15) is 15.2 Å². The molecule has 0 atom stereocenters. The zero-order valence-electron chi connectivity index (χ0n) is 9.46. The second-order valence-electron chi connectivity index (χ2n) is 3.98. The summed E-state index contributed by atoms with van der Waals surface area (Å²) in [5.74, 6) is 0.203. The van der Waals surface area contributed by atoms with Gasteiger partial charge in [-0.1, -0.05) is 30.3 Å². The largest absolute Gasteiger partial charge is 0.507 e. The molecule has 0 aliphatic rings. The normalized spacial score (nSPS) is 10.7. The molecule has 0 fully saturated rings. The number of thiophene rings is 1. The molecule has 0 unspecified atom stereocenters. The molecule has 1 N–H and O–H groups in total. The van der Waals surface area contributed by atoms with E-state index in [1.165, 1.54) is 11.3 Å². The lowest BCUT2D eigenvalue weighted by atomic mass is 10.00. The van der Waals surface area contributed by atoms with E-state index in [-0.39, 0.29) is 11.5 Å². The van der Waals surface area contributed by atoms with Crippen molar-refractivity contribution in [3.63, 3.8) is 0 Å². The Kier molecular flexibility index (Phi) is 2.61. The lowest BCUT2D eigenvalue weighted by Crippen LogP contribution is -1.99. The first-order valence-electron chi connectivity index (χ1n) is 5.56. The maximum absolute atomic E-state index is 12.4. The van der Waals surface area contributed by atoms with Gasteiger partial charge >= 0.3 is 0 Å². The van der Waals surface area contributed by atoms with Crippen molar-refractivity contribution in [1.29, 1.82) is 0 Å². The lowest BCUT2D eigenvalue weighted by molar-refractivity contribution is 0.104. The first kappa shape index (κ1) is 11.0. The van der Waals surface area contributed by atoms with Gasteiger partial charge in [-0.3, -0.25) is 4.79 Å². The van der Waals surface area contributed by atoms with Crippen molar-refractivity contribution in [2.75, 3.05) is 0 Å². The van der Waals surface area contributed by atoms with Crippen LogP contribution in [0.5, 0.6) is 5.75 Å². The Morgan fingerprint density at radius 2 is 1.72 bits per heavy atom. The molecule has 18 heavy (non-hydrogen) atoms. The number of phenolic OH excluding ortho intramolecular Hbond substituents is 1. The Balaban J connectivity index is 2.25. The van der Waals surface area contributed by atoms with Gasteiger partial charge in [0.2, 0.25) is 5.78 Å². The van der Waals surface area contributed by atoms with E-state index in [4.69, 9.17) is 0 Å². The first-order chi connectivity index (χ1) is 8.77. The highest BCUT2D eigenvalue weighted by molar-refractivity contribution is 7.12. The standard InChI is InChI=1S/C15H10O2S/c16-13-8-7-12(10-4-1-2-5-11(10)13)15(17)14-6-3-9-18-14/h1-9,16H. The molecule has 0 saturated carbocycles. The summed E-state index contributed by atoms with van der Waals surface area (Å²) >= 11 is 1.43. The third kappa shape index (κ3) is 1.69. The number of aromatic hydroxyl groups is 1. The molecule has 2 nitrogen and oxygen atoms in total. The topological polar surface area (TPSA) is 37.3 Å². The number of carbonyl (C=O) groups is 1. The fraction of sp³-hybridized carbons (Fsp3) is 0. The van der Waals surface area contributed by atoms with Crippen molar-refractivity contribution >= 4 is 27.9 Å². The number of benzene rings is 2. The maximum atomic E-state index is 12.4. The summed E-state index contributed by atoms with van der Waals surface area (Å²) in [7, 11) is 0. The van der Waals surface area contributed by atoms with Gasteiger partial charge in [-0.05, 0) is 29.0 Å². The molecule has 1 aromatic heterocycles. The van der Waals surface area contributed by atoms with Crippen LogP contribution < -0.4 is 0 Å². The van der Waals surface area contributed by atoms with Crippen LogP contribution in [0, 0.1) is 0 Å². The van der Waals surface area contributed by atoms with E-state index < -0.39 is 0 Å². The van der Waals surface area contributed by atoms with Crippen LogP contribution in [-0.2, 0) is 0 Å². The van der Waals surface area contributed by atoms with E-state index in [2.05, 4.69) is 0 Å². The molecule has 0 aliphatic heterocycles. The minimum Gasteiger partial charge on any atom is -0.507 e. The molecule has 3 aromatic rings. The third-order valence-corrected chi connectivity index (χ3v) is 3.76. The summed E-state index contributed by atoms with van der Waals surface area (Å²) in [5, 5.41) is 13.2. The first-order valence-corrected chi connectivity index (χ1v) is 6.44. The summed E-state index contributed by atoms with van der Waals surface area (Å²) in [6.45, 7) is 0. The minimum absolute atomic E-state index is 0.00111. The number of fused-ring (bicyclic) bond motifs is 1. The molecule has 3 heteroatoms. The molecule has 0 radical (unpaired) electrons. The summed E-state index contributed by atoms with van der Waals surface area (Å²) in [6.07, 6.45) is 0. The number of ketones is 1. The van der Waals surface area contributed by atoms with Crippen molar-refractivity contribution in [2.24, 2.45) is 0 Å². The van der Waals surface area contributed by atoms with E-state index in [1.807, 2.05) is 41.8 Å². The zero-order valence-corrected chi connectivity index (χ0v) is 10.3. The Morgan fingerprint density at radius 1 is 0.944 bits per heavy atom. The molecule has 88 valence electrons. The summed E-state index contributed by atoms with van der Waals surface area (Å²) in [5.41, 5.74) is 0.630. The van der Waals surface area contributed by atoms with Crippen molar-refractivity contribution in [3.05, 3.63) is 64.4 Å². The Morgan fingerprint density at radius 3 is 2.44 bits per heavy atom. The highest BCUT2D eigenvalue weighted by Crippen LogP contribution is 2.29. The maximum Gasteiger partial charge on any atom is 0.203 e. The fourth-order valence-corrected chi connectivity index (χ4v) is 2.70. The Hall–Kier alpha value is -2.13.